The van der Waals surface area contributed by atoms with Crippen LogP contribution in [0.5, 0.6) is 11.5 Å². The van der Waals surface area contributed by atoms with E-state index in [1.54, 1.807) is 6.08 Å². The lowest BCUT2D eigenvalue weighted by Gasteiger charge is -2.36. The summed E-state index contributed by atoms with van der Waals surface area (Å²) >= 11 is 0. The van der Waals surface area contributed by atoms with E-state index in [1.807, 2.05) is 25.1 Å². The number of hydrogen-bond acceptors (Lipinski definition) is 9. The molecule has 0 radical (unpaired) electrons. The monoisotopic (exact) mass is 464 g/mol. The van der Waals surface area contributed by atoms with Crippen molar-refractivity contribution in [3.05, 3.63) is 48.3 Å². The van der Waals surface area contributed by atoms with Crippen molar-refractivity contribution in [2.75, 3.05) is 53.0 Å². The maximum absolute atomic E-state index is 12.5. The van der Waals surface area contributed by atoms with E-state index in [2.05, 4.69) is 6.58 Å². The Morgan fingerprint density at radius 3 is 2.73 bits per heavy atom. The fourth-order valence-corrected chi connectivity index (χ4v) is 3.74. The number of rotatable bonds is 14. The van der Waals surface area contributed by atoms with Gasteiger partial charge in [0.05, 0.1) is 26.4 Å². The summed E-state index contributed by atoms with van der Waals surface area (Å²) in [5, 5.41) is 8.77. The molecule has 1 aromatic rings. The Morgan fingerprint density at radius 1 is 1.18 bits per heavy atom. The molecule has 0 saturated carbocycles. The van der Waals surface area contributed by atoms with Gasteiger partial charge in [0, 0.05) is 25.0 Å². The fraction of sp³-hybridized carbons (Fsp3) is 0.542. The summed E-state index contributed by atoms with van der Waals surface area (Å²) < 4.78 is 38.9. The first-order valence-electron chi connectivity index (χ1n) is 11.1. The number of carbonyl (C=O) groups excluding carboxylic acids is 1. The van der Waals surface area contributed by atoms with Crippen LogP contribution < -0.4 is 9.47 Å². The lowest BCUT2D eigenvalue weighted by molar-refractivity contribution is -0.176. The first kappa shape index (κ1) is 25.0. The van der Waals surface area contributed by atoms with Crippen molar-refractivity contribution in [2.45, 2.75) is 25.6 Å². The zero-order valence-corrected chi connectivity index (χ0v) is 18.9. The highest BCUT2D eigenvalue weighted by Gasteiger charge is 2.39. The van der Waals surface area contributed by atoms with Crippen LogP contribution in [0.2, 0.25) is 0 Å². The van der Waals surface area contributed by atoms with E-state index < -0.39 is 12.3 Å². The number of aliphatic hydroxyl groups is 1. The summed E-state index contributed by atoms with van der Waals surface area (Å²) in [5.74, 6) is 0.551. The molecule has 2 aliphatic heterocycles. The van der Waals surface area contributed by atoms with Gasteiger partial charge in [-0.3, -0.25) is 0 Å². The van der Waals surface area contributed by atoms with E-state index in [0.717, 1.165) is 5.56 Å². The van der Waals surface area contributed by atoms with Crippen molar-refractivity contribution >= 4 is 5.97 Å². The summed E-state index contributed by atoms with van der Waals surface area (Å²) in [6.07, 6.45) is 3.24. The van der Waals surface area contributed by atoms with Crippen molar-refractivity contribution in [2.24, 2.45) is 5.92 Å². The lowest BCUT2D eigenvalue weighted by Crippen LogP contribution is -2.37. The Hall–Kier alpha value is -2.59. The van der Waals surface area contributed by atoms with Crippen LogP contribution in [-0.4, -0.2) is 70.4 Å². The second-order valence-corrected chi connectivity index (χ2v) is 7.40. The minimum atomic E-state index is -0.657. The number of hydrogen-bond donors (Lipinski definition) is 1. The Bertz CT molecular complexity index is 807. The highest BCUT2D eigenvalue weighted by atomic mass is 16.7. The largest absolute Gasteiger partial charge is 0.457 e. The van der Waals surface area contributed by atoms with Gasteiger partial charge in [-0.2, -0.15) is 0 Å². The molecule has 0 aliphatic carbocycles. The molecule has 0 saturated heterocycles. The van der Waals surface area contributed by atoms with Crippen molar-refractivity contribution in [1.29, 1.82) is 0 Å². The number of benzene rings is 1. The molecule has 9 heteroatoms. The molecule has 2 heterocycles. The number of carbonyl (C=O) groups is 1. The predicted octanol–water partition coefficient (Wildman–Crippen LogP) is 2.54. The minimum absolute atomic E-state index is 0.0173. The molecule has 0 fully saturated rings. The number of esters is 1. The standard InChI is InChI=1S/C24H32O9/c1-3-9-30-23(26)22-15-19(17-5-6-20-21(14-17)32-16-31-20)18(24(33-22)29-4-2)7-10-27-12-13-28-11-8-25/h3,5-6,14-15,18-19,24-25H,1,4,7-13,16H2,2H3/t18?,19?,24-/m1/s1. The minimum Gasteiger partial charge on any atom is -0.457 e. The topological polar surface area (TPSA) is 102 Å². The smallest absolute Gasteiger partial charge is 0.373 e. The van der Waals surface area contributed by atoms with Crippen LogP contribution in [-0.2, 0) is 28.5 Å². The molecule has 1 aromatic carbocycles. The van der Waals surface area contributed by atoms with Gasteiger partial charge in [0.1, 0.15) is 6.61 Å². The van der Waals surface area contributed by atoms with Gasteiger partial charge in [-0.25, -0.2) is 4.79 Å². The predicted molar refractivity (Wildman–Crippen MR) is 118 cm³/mol. The van der Waals surface area contributed by atoms with Gasteiger partial charge in [0.15, 0.2) is 11.5 Å². The molecular weight excluding hydrogens is 432 g/mol. The molecule has 0 amide bonds. The highest BCUT2D eigenvalue weighted by Crippen LogP contribution is 2.42. The van der Waals surface area contributed by atoms with E-state index in [1.165, 1.54) is 6.08 Å². The average molecular weight is 465 g/mol. The van der Waals surface area contributed by atoms with Gasteiger partial charge >= 0.3 is 5.97 Å². The molecule has 33 heavy (non-hydrogen) atoms. The number of allylic oxidation sites excluding steroid dienone is 1. The molecule has 1 N–H and O–H groups in total. The quantitative estimate of drug-likeness (QED) is 0.253. The first-order chi connectivity index (χ1) is 16.2. The van der Waals surface area contributed by atoms with Crippen LogP contribution in [0.1, 0.15) is 24.8 Å². The van der Waals surface area contributed by atoms with Crippen LogP contribution in [0.15, 0.2) is 42.7 Å². The van der Waals surface area contributed by atoms with Crippen molar-refractivity contribution in [3.63, 3.8) is 0 Å². The normalized spacial score (nSPS) is 21.3. The molecule has 3 rings (SSSR count). The summed E-state index contributed by atoms with van der Waals surface area (Å²) in [6.45, 7) is 7.66. The maximum Gasteiger partial charge on any atom is 0.373 e. The van der Waals surface area contributed by atoms with Crippen LogP contribution in [0.25, 0.3) is 0 Å². The Kier molecular flexibility index (Phi) is 10.0. The van der Waals surface area contributed by atoms with Crippen molar-refractivity contribution < 1.29 is 43.1 Å². The average Bonchev–Trinajstić information content (AvgIpc) is 3.30. The van der Waals surface area contributed by atoms with E-state index >= 15 is 0 Å². The molecule has 9 nitrogen and oxygen atoms in total. The lowest BCUT2D eigenvalue weighted by atomic mass is 9.81. The molecule has 182 valence electrons. The molecule has 3 atom stereocenters. The Labute approximate surface area is 193 Å². The molecule has 2 unspecified atom stereocenters. The van der Waals surface area contributed by atoms with Gasteiger partial charge < -0.3 is 38.3 Å². The zero-order chi connectivity index (χ0) is 23.5. The van der Waals surface area contributed by atoms with Crippen LogP contribution in [0.4, 0.5) is 0 Å². The van der Waals surface area contributed by atoms with Crippen molar-refractivity contribution in [1.82, 2.24) is 0 Å². The first-order valence-corrected chi connectivity index (χ1v) is 11.1. The van der Waals surface area contributed by atoms with E-state index in [9.17, 15) is 4.79 Å². The SMILES string of the molecule is C=CCOC(=O)C1=CC(c2ccc3c(c2)OCO3)C(CCOCCOCCO)[C@H](OCC)O1. The molecular formula is C24H32O9. The van der Waals surface area contributed by atoms with Crippen molar-refractivity contribution in [3.8, 4) is 11.5 Å². The summed E-state index contributed by atoms with van der Waals surface area (Å²) in [7, 11) is 0. The molecule has 0 spiro atoms. The second kappa shape index (κ2) is 13.2. The fourth-order valence-electron chi connectivity index (χ4n) is 3.74. The number of ether oxygens (including phenoxy) is 7. The third-order valence-electron chi connectivity index (χ3n) is 5.23. The second-order valence-electron chi connectivity index (χ2n) is 7.40. The summed E-state index contributed by atoms with van der Waals surface area (Å²) in [5.41, 5.74) is 0.942. The van der Waals surface area contributed by atoms with Gasteiger partial charge in [-0.15, -0.1) is 0 Å². The van der Waals surface area contributed by atoms with Gasteiger partial charge in [0.2, 0.25) is 18.8 Å². The highest BCUT2D eigenvalue weighted by molar-refractivity contribution is 5.86. The third-order valence-corrected chi connectivity index (χ3v) is 5.23. The molecule has 0 aromatic heterocycles. The Morgan fingerprint density at radius 2 is 1.97 bits per heavy atom. The van der Waals surface area contributed by atoms with E-state index in [4.69, 9.17) is 38.3 Å². The third kappa shape index (κ3) is 6.94. The van der Waals surface area contributed by atoms with Gasteiger partial charge in [0.25, 0.3) is 0 Å². The molecule has 0 bridgehead atoms. The number of aliphatic hydroxyl groups excluding tert-OH is 1. The summed E-state index contributed by atoms with van der Waals surface area (Å²) in [4.78, 5) is 12.5. The van der Waals surface area contributed by atoms with Gasteiger partial charge in [-0.05, 0) is 37.1 Å². The zero-order valence-electron chi connectivity index (χ0n) is 18.9. The van der Waals surface area contributed by atoms with E-state index in [-0.39, 0.29) is 44.2 Å². The van der Waals surface area contributed by atoms with Crippen LogP contribution >= 0.6 is 0 Å². The van der Waals surface area contributed by atoms with Gasteiger partial charge in [-0.1, -0.05) is 18.7 Å². The maximum atomic E-state index is 12.5. The summed E-state index contributed by atoms with van der Waals surface area (Å²) in [6, 6.07) is 5.73. The Balaban J connectivity index is 1.79. The molecule has 2 aliphatic rings. The number of fused-ring (bicyclic) bond motifs is 1. The van der Waals surface area contributed by atoms with Crippen LogP contribution in [0, 0.1) is 5.92 Å². The van der Waals surface area contributed by atoms with Crippen LogP contribution in [0.3, 0.4) is 0 Å². The van der Waals surface area contributed by atoms with E-state index in [0.29, 0.717) is 44.3 Å².